The van der Waals surface area contributed by atoms with Gasteiger partial charge in [0.25, 0.3) is 0 Å². The molecule has 0 saturated heterocycles. The van der Waals surface area contributed by atoms with Gasteiger partial charge >= 0.3 is 77.3 Å². The van der Waals surface area contributed by atoms with Gasteiger partial charge < -0.3 is 0 Å². The van der Waals surface area contributed by atoms with Gasteiger partial charge in [-0.15, -0.1) is 0 Å². The van der Waals surface area contributed by atoms with E-state index < -0.39 is 18.4 Å². The molecule has 0 aliphatic carbocycles. The molecule has 6 heteroatoms. The maximum atomic E-state index is 6.87. The van der Waals surface area contributed by atoms with Crippen LogP contribution in [-0.2, 0) is 0 Å². The molecule has 2 aromatic rings. The normalized spacial score (nSPS) is 8.96. The molecule has 4 nitrogen and oxygen atoms in total. The molecule has 0 bridgehead atoms. The molecule has 0 N–H and O–H groups in total. The first-order chi connectivity index (χ1) is 9.86. The number of rotatable bonds is 1. The van der Waals surface area contributed by atoms with Gasteiger partial charge in [0.1, 0.15) is 0 Å². The van der Waals surface area contributed by atoms with Gasteiger partial charge in [0.15, 0.2) is 5.69 Å². The van der Waals surface area contributed by atoms with Gasteiger partial charge in [0.2, 0.25) is 0 Å². The summed E-state index contributed by atoms with van der Waals surface area (Å²) >= 11 is 1.11. The fraction of sp³-hybridized carbons (Fsp3) is 0.294. The van der Waals surface area contributed by atoms with Crippen molar-refractivity contribution in [2.75, 3.05) is 0 Å². The summed E-state index contributed by atoms with van der Waals surface area (Å²) in [6, 6.07) is 7.03. The molecular weight excluding hydrogens is 459 g/mol. The molecule has 0 unspecified atom stereocenters. The van der Waals surface area contributed by atoms with Crippen molar-refractivity contribution in [3.05, 3.63) is 64.1 Å². The van der Waals surface area contributed by atoms with Gasteiger partial charge in [-0.25, -0.2) is 4.85 Å². The van der Waals surface area contributed by atoms with Crippen LogP contribution in [0.5, 0.6) is 0 Å². The summed E-state index contributed by atoms with van der Waals surface area (Å²) in [6.45, 7) is 13.5. The minimum atomic E-state index is -2.03. The zero-order chi connectivity index (χ0) is 15.9. The Morgan fingerprint density at radius 1 is 0.913 bits per heavy atom. The predicted octanol–water partition coefficient (Wildman–Crippen LogP) is 5.84. The second-order valence-corrected chi connectivity index (χ2v) is 20.3. The quantitative estimate of drug-likeness (QED) is 0.291. The number of nitrogens with zero attached hydrogens (tertiary/aromatic N) is 4. The summed E-state index contributed by atoms with van der Waals surface area (Å²) < 4.78 is 1.88. The van der Waals surface area contributed by atoms with Crippen LogP contribution in [0, 0.1) is 13.1 Å². The molecule has 0 saturated carbocycles. The second kappa shape index (κ2) is 11.1. The summed E-state index contributed by atoms with van der Waals surface area (Å²) in [5, 5.41) is 0. The predicted molar refractivity (Wildman–Crippen MR) is 105 cm³/mol. The van der Waals surface area contributed by atoms with E-state index in [4.69, 9.17) is 13.1 Å². The van der Waals surface area contributed by atoms with Crippen molar-refractivity contribution in [1.29, 1.82) is 0 Å². The van der Waals surface area contributed by atoms with Crippen molar-refractivity contribution in [2.24, 2.45) is 0 Å². The molecule has 0 aliphatic rings. The van der Waals surface area contributed by atoms with Crippen molar-refractivity contribution >= 4 is 49.4 Å². The van der Waals surface area contributed by atoms with E-state index in [-0.39, 0.29) is 14.9 Å². The first kappa shape index (κ1) is 23.8. The van der Waals surface area contributed by atoms with E-state index in [1.807, 2.05) is 6.07 Å². The van der Waals surface area contributed by atoms with Gasteiger partial charge in [-0.3, -0.25) is 4.98 Å². The number of pyridine rings is 2. The Morgan fingerprint density at radius 2 is 1.39 bits per heavy atom. The van der Waals surface area contributed by atoms with Crippen molar-refractivity contribution in [3.63, 3.8) is 0 Å². The number of hydrogen-bond acceptors (Lipinski definition) is 2. The van der Waals surface area contributed by atoms with Gasteiger partial charge in [-0.2, -0.15) is 0 Å². The molecule has 0 aromatic carbocycles. The number of aromatic nitrogens is 2. The Kier molecular flexibility index (Phi) is 11.5. The van der Waals surface area contributed by atoms with Crippen molar-refractivity contribution in [3.8, 4) is 0 Å². The Balaban J connectivity index is 0. The Bertz CT molecular complexity index is 697. The van der Waals surface area contributed by atoms with E-state index in [1.165, 1.54) is 3.71 Å². The van der Waals surface area contributed by atoms with Gasteiger partial charge in [-0.05, 0) is 28.1 Å². The van der Waals surface area contributed by atoms with Crippen LogP contribution >= 0.6 is 15.9 Å². The van der Waals surface area contributed by atoms with Crippen molar-refractivity contribution < 1.29 is 0 Å². The van der Waals surface area contributed by atoms with E-state index in [2.05, 4.69) is 50.4 Å². The molecule has 0 aliphatic heterocycles. The van der Waals surface area contributed by atoms with Gasteiger partial charge in [0.05, 0.1) is 11.2 Å². The summed E-state index contributed by atoms with van der Waals surface area (Å²) in [4.78, 5) is 21.7. The minimum Gasteiger partial charge on any atom is -0.252 e. The van der Waals surface area contributed by atoms with Crippen LogP contribution in [0.1, 0.15) is 14.9 Å². The molecule has 122 valence electrons. The third-order valence-electron chi connectivity index (χ3n) is 2.48. The molecule has 0 amide bonds. The molecule has 23 heavy (non-hydrogen) atoms. The Hall–Kier alpha value is -1.44. The molecule has 0 radical (unpaired) electrons. The van der Waals surface area contributed by atoms with Crippen molar-refractivity contribution in [1.82, 2.24) is 9.97 Å². The van der Waals surface area contributed by atoms with E-state index in [0.29, 0.717) is 16.0 Å². The zero-order valence-corrected chi connectivity index (χ0v) is 16.6. The van der Waals surface area contributed by atoms with Crippen LogP contribution in [0.2, 0.25) is 14.8 Å². The van der Waals surface area contributed by atoms with Gasteiger partial charge in [-0.1, -0.05) is 14.9 Å². The van der Waals surface area contributed by atoms with Crippen LogP contribution in [0.4, 0.5) is 11.4 Å². The third kappa shape index (κ3) is 8.68. The van der Waals surface area contributed by atoms with Gasteiger partial charge in [0, 0.05) is 6.20 Å². The van der Waals surface area contributed by atoms with E-state index >= 15 is 0 Å². The fourth-order valence-corrected chi connectivity index (χ4v) is 4.69. The molecule has 2 aromatic heterocycles. The van der Waals surface area contributed by atoms with Crippen LogP contribution in [0.15, 0.2) is 41.3 Å². The number of hydrogen-bond donors (Lipinski definition) is 0. The Labute approximate surface area is 152 Å². The topological polar surface area (TPSA) is 34.5 Å². The standard InChI is InChI=1S/C6H3BrN2.C6H3N2.2CH4.3CH3.Sn/c1-8-5-2-3-9-6(7)4-5;1-7-6-2-4-8-5-3-6;;;;;;/h2-4H;2-4H;2*1H4;3*1H3;. The van der Waals surface area contributed by atoms with Crippen LogP contribution in [0.25, 0.3) is 9.69 Å². The maximum absolute atomic E-state index is 6.87. The van der Waals surface area contributed by atoms with E-state index in [9.17, 15) is 0 Å². The Morgan fingerprint density at radius 3 is 1.78 bits per heavy atom. The second-order valence-electron chi connectivity index (χ2n) is 5.21. The van der Waals surface area contributed by atoms with Crippen molar-refractivity contribution in [2.45, 2.75) is 29.7 Å². The summed E-state index contributed by atoms with van der Waals surface area (Å²) in [6.07, 6.45) is 3.34. The average Bonchev–Trinajstić information content (AvgIpc) is 2.47. The summed E-state index contributed by atoms with van der Waals surface area (Å²) in [5.41, 5.74) is 1.32. The minimum absolute atomic E-state index is 0. The van der Waals surface area contributed by atoms with E-state index in [1.54, 1.807) is 30.6 Å². The number of halogens is 1. The summed E-state index contributed by atoms with van der Waals surface area (Å²) in [5.74, 6) is 0. The molecule has 0 atom stereocenters. The average molecular weight is 482 g/mol. The summed E-state index contributed by atoms with van der Waals surface area (Å²) in [7, 11) is 0. The van der Waals surface area contributed by atoms with E-state index in [0.717, 1.165) is 0 Å². The third-order valence-corrected chi connectivity index (χ3v) is 8.08. The smallest absolute Gasteiger partial charge is 0.191 e. The fourth-order valence-electron chi connectivity index (χ4n) is 1.36. The van der Waals surface area contributed by atoms with Crippen LogP contribution in [-0.4, -0.2) is 28.3 Å². The first-order valence-corrected chi connectivity index (χ1v) is 17.0. The molecule has 2 rings (SSSR count). The SMILES string of the molecule is C.C.[C-]#[N+]c1ccn[c]([Sn]([CH3])([CH3])[CH3])c1.[C-]#[N+]c1ccnc(Br)c1. The monoisotopic (exact) mass is 482 g/mol. The molecule has 0 spiro atoms. The zero-order valence-electron chi connectivity index (χ0n) is 12.1. The van der Waals surface area contributed by atoms with Crippen LogP contribution in [0.3, 0.4) is 0 Å². The first-order valence-electron chi connectivity index (χ1n) is 6.20. The van der Waals surface area contributed by atoms with Crippen LogP contribution < -0.4 is 3.71 Å². The largest absolute Gasteiger partial charge is 0.252 e. The molecule has 0 fully saturated rings. The molecular formula is C17H23BrN4Sn. The maximum Gasteiger partial charge on any atom is 0.191 e. The molecule has 2 heterocycles.